The number of carbonyl (C=O) groups is 2. The summed E-state index contributed by atoms with van der Waals surface area (Å²) in [6, 6.07) is 7.05. The fourth-order valence-corrected chi connectivity index (χ4v) is 2.40. The van der Waals surface area contributed by atoms with Gasteiger partial charge in [-0.1, -0.05) is 11.6 Å². The fraction of sp³-hybridized carbons (Fsp3) is 0.222. The highest BCUT2D eigenvalue weighted by Gasteiger charge is 2.17. The number of hydrogen-bond acceptors (Lipinski definition) is 7. The minimum atomic E-state index is -0.874. The summed E-state index contributed by atoms with van der Waals surface area (Å²) in [5.74, 6) is -0.717. The second-order valence-corrected chi connectivity index (χ2v) is 5.60. The number of ether oxygens (including phenoxy) is 4. The first-order valence-corrected chi connectivity index (χ1v) is 8.03. The predicted octanol–water partition coefficient (Wildman–Crippen LogP) is 2.87. The Hall–Kier alpha value is -3.13. The molecule has 2 aromatic carbocycles. The summed E-state index contributed by atoms with van der Waals surface area (Å²) in [4.78, 5) is 24.2. The van der Waals surface area contributed by atoms with Gasteiger partial charge in [-0.3, -0.25) is 4.79 Å². The number of benzene rings is 2. The Balaban J connectivity index is 2.04. The zero-order chi connectivity index (χ0) is 20.0. The number of esters is 1. The third-order valence-electron chi connectivity index (χ3n) is 3.51. The van der Waals surface area contributed by atoms with Gasteiger partial charge in [0.15, 0.2) is 6.61 Å². The molecule has 0 saturated heterocycles. The van der Waals surface area contributed by atoms with Crippen LogP contribution in [0, 0.1) is 0 Å². The van der Waals surface area contributed by atoms with E-state index in [1.807, 2.05) is 0 Å². The van der Waals surface area contributed by atoms with Crippen molar-refractivity contribution in [1.82, 2.24) is 0 Å². The molecule has 0 radical (unpaired) electrons. The molecule has 0 heterocycles. The molecule has 0 atom stereocenters. The Kier molecular flexibility index (Phi) is 6.73. The molecular weight excluding hydrogens is 378 g/mol. The van der Waals surface area contributed by atoms with Crippen LogP contribution in [0.5, 0.6) is 23.0 Å². The Morgan fingerprint density at radius 2 is 1.74 bits per heavy atom. The summed E-state index contributed by atoms with van der Waals surface area (Å²) in [5.41, 5.74) is 0.167. The summed E-state index contributed by atoms with van der Waals surface area (Å²) in [6.07, 6.45) is 0. The largest absolute Gasteiger partial charge is 0.507 e. The molecular formula is C18H18ClNO7. The van der Waals surface area contributed by atoms with Gasteiger partial charge in [0, 0.05) is 6.07 Å². The van der Waals surface area contributed by atoms with Crippen LogP contribution in [-0.4, -0.2) is 44.9 Å². The molecule has 0 aliphatic carbocycles. The molecule has 2 rings (SSSR count). The molecule has 0 fully saturated rings. The number of phenols is 1. The molecule has 8 nitrogen and oxygen atoms in total. The zero-order valence-electron chi connectivity index (χ0n) is 14.9. The van der Waals surface area contributed by atoms with Crippen molar-refractivity contribution in [3.05, 3.63) is 40.9 Å². The number of anilines is 1. The van der Waals surface area contributed by atoms with Crippen LogP contribution in [-0.2, 0) is 9.53 Å². The molecule has 144 valence electrons. The van der Waals surface area contributed by atoms with Gasteiger partial charge in [-0.05, 0) is 24.3 Å². The molecule has 9 heteroatoms. The molecule has 0 spiro atoms. The lowest BCUT2D eigenvalue weighted by atomic mass is 10.2. The van der Waals surface area contributed by atoms with E-state index in [2.05, 4.69) is 5.32 Å². The van der Waals surface area contributed by atoms with Crippen molar-refractivity contribution in [2.75, 3.05) is 33.3 Å². The van der Waals surface area contributed by atoms with Gasteiger partial charge in [0.2, 0.25) is 0 Å². The van der Waals surface area contributed by atoms with Gasteiger partial charge in [-0.15, -0.1) is 0 Å². The second kappa shape index (κ2) is 9.00. The monoisotopic (exact) mass is 395 g/mol. The van der Waals surface area contributed by atoms with Crippen molar-refractivity contribution < 1.29 is 33.6 Å². The number of methoxy groups -OCH3 is 3. The van der Waals surface area contributed by atoms with Crippen LogP contribution in [0.15, 0.2) is 30.3 Å². The van der Waals surface area contributed by atoms with Crippen LogP contribution in [0.3, 0.4) is 0 Å². The Bertz CT molecular complexity index is 854. The Morgan fingerprint density at radius 3 is 2.37 bits per heavy atom. The standard InChI is InChI=1S/C18H18ClNO7/c1-24-10-4-5-14(21)11(6-10)18(23)27-9-17(22)20-13-7-12(19)15(25-2)8-16(13)26-3/h4-8,21H,9H2,1-3H3,(H,20,22). The Labute approximate surface area is 160 Å². The summed E-state index contributed by atoms with van der Waals surface area (Å²) >= 11 is 6.04. The first kappa shape index (κ1) is 20.2. The van der Waals surface area contributed by atoms with Gasteiger partial charge >= 0.3 is 5.97 Å². The minimum Gasteiger partial charge on any atom is -0.507 e. The SMILES string of the molecule is COc1ccc(O)c(C(=O)OCC(=O)Nc2cc(Cl)c(OC)cc2OC)c1. The van der Waals surface area contributed by atoms with Gasteiger partial charge in [0.25, 0.3) is 5.91 Å². The molecule has 2 N–H and O–H groups in total. The van der Waals surface area contributed by atoms with Crippen LogP contribution < -0.4 is 19.5 Å². The molecule has 0 saturated carbocycles. The molecule has 1 amide bonds. The van der Waals surface area contributed by atoms with Crippen LogP contribution in [0.1, 0.15) is 10.4 Å². The molecule has 0 unspecified atom stereocenters. The van der Waals surface area contributed by atoms with Crippen molar-refractivity contribution in [3.63, 3.8) is 0 Å². The third kappa shape index (κ3) is 4.95. The first-order chi connectivity index (χ1) is 12.9. The quantitative estimate of drug-likeness (QED) is 0.694. The highest BCUT2D eigenvalue weighted by Crippen LogP contribution is 2.35. The van der Waals surface area contributed by atoms with E-state index in [0.29, 0.717) is 17.2 Å². The lowest BCUT2D eigenvalue weighted by Crippen LogP contribution is -2.21. The van der Waals surface area contributed by atoms with E-state index in [1.54, 1.807) is 0 Å². The van der Waals surface area contributed by atoms with E-state index in [-0.39, 0.29) is 22.0 Å². The average molecular weight is 396 g/mol. The molecule has 0 aliphatic heterocycles. The van der Waals surface area contributed by atoms with Crippen LogP contribution in [0.2, 0.25) is 5.02 Å². The number of carbonyl (C=O) groups excluding carboxylic acids is 2. The van der Waals surface area contributed by atoms with Gasteiger partial charge in [0.05, 0.1) is 32.0 Å². The van der Waals surface area contributed by atoms with Crippen LogP contribution in [0.25, 0.3) is 0 Å². The van der Waals surface area contributed by atoms with Gasteiger partial charge in [-0.2, -0.15) is 0 Å². The number of halogens is 1. The fourth-order valence-electron chi connectivity index (χ4n) is 2.16. The number of nitrogens with one attached hydrogen (secondary N) is 1. The number of aromatic hydroxyl groups is 1. The predicted molar refractivity (Wildman–Crippen MR) is 98.1 cm³/mol. The van der Waals surface area contributed by atoms with Crippen molar-refractivity contribution in [2.24, 2.45) is 0 Å². The molecule has 0 aliphatic rings. The number of phenolic OH excluding ortho intramolecular Hbond substituents is 1. The topological polar surface area (TPSA) is 103 Å². The number of rotatable bonds is 7. The summed E-state index contributed by atoms with van der Waals surface area (Å²) in [7, 11) is 4.29. The highest BCUT2D eigenvalue weighted by molar-refractivity contribution is 6.32. The Morgan fingerprint density at radius 1 is 1.04 bits per heavy atom. The molecule has 27 heavy (non-hydrogen) atoms. The highest BCUT2D eigenvalue weighted by atomic mass is 35.5. The summed E-state index contributed by atoms with van der Waals surface area (Å²) in [6.45, 7) is -0.581. The first-order valence-electron chi connectivity index (χ1n) is 7.65. The second-order valence-electron chi connectivity index (χ2n) is 5.19. The summed E-state index contributed by atoms with van der Waals surface area (Å²) in [5, 5.41) is 12.5. The number of hydrogen-bond donors (Lipinski definition) is 2. The third-order valence-corrected chi connectivity index (χ3v) is 3.80. The maximum atomic E-state index is 12.1. The van der Waals surface area contributed by atoms with Crippen molar-refractivity contribution in [2.45, 2.75) is 0 Å². The van der Waals surface area contributed by atoms with Crippen LogP contribution in [0.4, 0.5) is 5.69 Å². The molecule has 2 aromatic rings. The number of amides is 1. The van der Waals surface area contributed by atoms with E-state index < -0.39 is 18.5 Å². The smallest absolute Gasteiger partial charge is 0.342 e. The lowest BCUT2D eigenvalue weighted by molar-refractivity contribution is -0.119. The normalized spacial score (nSPS) is 10.1. The maximum Gasteiger partial charge on any atom is 0.342 e. The van der Waals surface area contributed by atoms with E-state index in [1.165, 1.54) is 51.7 Å². The summed E-state index contributed by atoms with van der Waals surface area (Å²) < 4.78 is 20.2. The van der Waals surface area contributed by atoms with Gasteiger partial charge in [0.1, 0.15) is 28.6 Å². The maximum absolute atomic E-state index is 12.1. The van der Waals surface area contributed by atoms with Crippen molar-refractivity contribution in [3.8, 4) is 23.0 Å². The minimum absolute atomic E-state index is 0.118. The van der Waals surface area contributed by atoms with Crippen molar-refractivity contribution in [1.29, 1.82) is 0 Å². The lowest BCUT2D eigenvalue weighted by Gasteiger charge is -2.13. The van der Waals surface area contributed by atoms with E-state index in [4.69, 9.17) is 30.5 Å². The van der Waals surface area contributed by atoms with Crippen molar-refractivity contribution >= 4 is 29.2 Å². The van der Waals surface area contributed by atoms with E-state index >= 15 is 0 Å². The molecule has 0 bridgehead atoms. The van der Waals surface area contributed by atoms with Gasteiger partial charge in [-0.25, -0.2) is 4.79 Å². The van der Waals surface area contributed by atoms with Gasteiger partial charge < -0.3 is 29.4 Å². The molecule has 0 aromatic heterocycles. The average Bonchev–Trinajstić information content (AvgIpc) is 2.66. The van der Waals surface area contributed by atoms with E-state index in [0.717, 1.165) is 0 Å². The van der Waals surface area contributed by atoms with Crippen LogP contribution >= 0.6 is 11.6 Å². The zero-order valence-corrected chi connectivity index (χ0v) is 15.6. The van der Waals surface area contributed by atoms with E-state index in [9.17, 15) is 14.7 Å².